The van der Waals surface area contributed by atoms with Crippen LogP contribution < -0.4 is 17.0 Å². The number of hydrogen-bond acceptors (Lipinski definition) is 4. The van der Waals surface area contributed by atoms with E-state index < -0.39 is 0 Å². The van der Waals surface area contributed by atoms with Crippen molar-refractivity contribution in [3.63, 3.8) is 0 Å². The first-order chi connectivity index (χ1) is 12.8. The molecule has 0 aliphatic heterocycles. The van der Waals surface area contributed by atoms with Gasteiger partial charge in [-0.25, -0.2) is 0 Å². The summed E-state index contributed by atoms with van der Waals surface area (Å²) in [6.07, 6.45) is 5.19. The number of benzene rings is 1. The molecule has 3 rings (SSSR count). The van der Waals surface area contributed by atoms with Gasteiger partial charge < -0.3 is 26.4 Å². The first-order valence-electron chi connectivity index (χ1n) is 9.50. The van der Waals surface area contributed by atoms with Crippen molar-refractivity contribution in [1.29, 1.82) is 0 Å². The molecule has 5 atom stereocenters. The SMILES string of the molecule is C=CCC([N-]SC1C(OC)[C@]2(C)CC[C@H]1C2(C)C)c1ccc([N+](=O)[O-])cc1.[Br-].[Mg+2]. The molecule has 2 fully saturated rings. The van der Waals surface area contributed by atoms with E-state index in [1.807, 2.05) is 13.2 Å². The number of fused-ring (bicyclic) bond motifs is 2. The zero-order valence-electron chi connectivity index (χ0n) is 17.6. The van der Waals surface area contributed by atoms with E-state index in [0.717, 1.165) is 5.56 Å². The molecule has 2 saturated carbocycles. The minimum atomic E-state index is -0.376. The van der Waals surface area contributed by atoms with E-state index >= 15 is 0 Å². The Balaban J connectivity index is 0.00000210. The van der Waals surface area contributed by atoms with Crippen LogP contribution in [0.15, 0.2) is 36.9 Å². The van der Waals surface area contributed by atoms with Gasteiger partial charge in [-0.1, -0.05) is 50.6 Å². The number of non-ortho nitro benzene ring substituents is 1. The number of rotatable bonds is 8. The monoisotopic (exact) mass is 492 g/mol. The third kappa shape index (κ3) is 4.72. The average molecular weight is 494 g/mol. The van der Waals surface area contributed by atoms with Crippen molar-refractivity contribution >= 4 is 40.7 Å². The van der Waals surface area contributed by atoms with Gasteiger partial charge in [0.15, 0.2) is 0 Å². The Bertz CT molecular complexity index is 718. The molecule has 2 aliphatic carbocycles. The maximum absolute atomic E-state index is 10.9. The van der Waals surface area contributed by atoms with E-state index in [4.69, 9.17) is 9.46 Å². The van der Waals surface area contributed by atoms with E-state index in [9.17, 15) is 10.1 Å². The summed E-state index contributed by atoms with van der Waals surface area (Å²) >= 11 is 1.65. The minimum absolute atomic E-state index is 0. The van der Waals surface area contributed by atoms with Gasteiger partial charge >= 0.3 is 23.1 Å². The molecule has 2 bridgehead atoms. The van der Waals surface area contributed by atoms with E-state index in [1.54, 1.807) is 36.2 Å². The van der Waals surface area contributed by atoms with E-state index in [2.05, 4.69) is 27.4 Å². The van der Waals surface area contributed by atoms with Crippen molar-refractivity contribution in [2.24, 2.45) is 16.7 Å². The summed E-state index contributed by atoms with van der Waals surface area (Å²) in [5, 5.41) is 11.2. The number of nitro groups is 1. The second-order valence-electron chi connectivity index (χ2n) is 8.50. The molecule has 0 radical (unpaired) electrons. The Hall–Kier alpha value is -0.124. The van der Waals surface area contributed by atoms with Gasteiger partial charge in [-0.3, -0.25) is 22.1 Å². The third-order valence-electron chi connectivity index (χ3n) is 7.14. The van der Waals surface area contributed by atoms with Gasteiger partial charge in [-0.2, -0.15) is 0 Å². The van der Waals surface area contributed by atoms with E-state index in [1.165, 1.54) is 12.8 Å². The van der Waals surface area contributed by atoms with Gasteiger partial charge in [0.1, 0.15) is 0 Å². The summed E-state index contributed by atoms with van der Waals surface area (Å²) in [4.78, 5) is 10.5. The van der Waals surface area contributed by atoms with Crippen LogP contribution in [0.5, 0.6) is 0 Å². The molecule has 2 aliphatic rings. The molecular formula is C21H29BrMgN2O3S. The van der Waals surface area contributed by atoms with Gasteiger partial charge in [0.25, 0.3) is 5.69 Å². The second-order valence-corrected chi connectivity index (χ2v) is 9.47. The third-order valence-corrected chi connectivity index (χ3v) is 8.33. The molecule has 0 amide bonds. The largest absolute Gasteiger partial charge is 2.00 e. The van der Waals surface area contributed by atoms with Gasteiger partial charge in [0.2, 0.25) is 0 Å². The van der Waals surface area contributed by atoms with Gasteiger partial charge in [0.05, 0.1) is 11.0 Å². The van der Waals surface area contributed by atoms with Gasteiger partial charge in [-0.15, -0.1) is 6.58 Å². The standard InChI is InChI=1S/C21H29N2O3S.BrH.Mg/c1-6-7-17(14-8-10-15(11-9-14)23(24)25)22-27-18-16-12-13-21(4,19(18)26-5)20(16,2)3;;/h6,8-11,16-19H,1,7,12-13H2,2-5H3;1H;/q-1;;+2/p-1/t16-,17?,18?,19?,21+;;/m1../s1. The van der Waals surface area contributed by atoms with Crippen LogP contribution in [0.3, 0.4) is 0 Å². The Morgan fingerprint density at radius 1 is 1.38 bits per heavy atom. The van der Waals surface area contributed by atoms with Crippen LogP contribution >= 0.6 is 11.9 Å². The Morgan fingerprint density at radius 3 is 2.52 bits per heavy atom. The van der Waals surface area contributed by atoms with Crippen LogP contribution in [0.2, 0.25) is 0 Å². The summed E-state index contributed by atoms with van der Waals surface area (Å²) in [7, 11) is 1.82. The number of methoxy groups -OCH3 is 1. The van der Waals surface area contributed by atoms with Gasteiger partial charge in [0, 0.05) is 29.9 Å². The first-order valence-corrected chi connectivity index (χ1v) is 10.3. The summed E-state index contributed by atoms with van der Waals surface area (Å²) in [5.74, 6) is 0.586. The van der Waals surface area contributed by atoms with Crippen molar-refractivity contribution in [3.8, 4) is 0 Å². The quantitative estimate of drug-likeness (QED) is 0.184. The van der Waals surface area contributed by atoms with Crippen LogP contribution in [0.25, 0.3) is 4.72 Å². The predicted molar refractivity (Wildman–Crippen MR) is 117 cm³/mol. The van der Waals surface area contributed by atoms with Crippen molar-refractivity contribution in [3.05, 3.63) is 57.3 Å². The van der Waals surface area contributed by atoms with Crippen LogP contribution in [0.4, 0.5) is 5.69 Å². The molecule has 5 nitrogen and oxygen atoms in total. The molecule has 1 aromatic rings. The predicted octanol–water partition coefficient (Wildman–Crippen LogP) is 2.70. The maximum Gasteiger partial charge on any atom is 2.00 e. The fourth-order valence-electron chi connectivity index (χ4n) is 5.10. The Morgan fingerprint density at radius 2 is 2.00 bits per heavy atom. The van der Waals surface area contributed by atoms with E-state index in [-0.39, 0.29) is 73.6 Å². The molecule has 8 heteroatoms. The topological polar surface area (TPSA) is 66.5 Å². The van der Waals surface area contributed by atoms with Crippen LogP contribution in [0.1, 0.15) is 51.6 Å². The normalized spacial score (nSPS) is 30.1. The maximum atomic E-state index is 10.9. The number of ether oxygens (including phenoxy) is 1. The molecule has 0 aromatic heterocycles. The second kappa shape index (κ2) is 10.5. The number of halogens is 1. The van der Waals surface area contributed by atoms with Crippen molar-refractivity contribution in [2.75, 3.05) is 7.11 Å². The number of hydrogen-bond donors (Lipinski definition) is 0. The fourth-order valence-corrected chi connectivity index (χ4v) is 6.74. The average Bonchev–Trinajstić information content (AvgIpc) is 2.96. The fraction of sp³-hybridized carbons (Fsp3) is 0.619. The molecule has 0 heterocycles. The zero-order valence-corrected chi connectivity index (χ0v) is 21.5. The minimum Gasteiger partial charge on any atom is -1.00 e. The Kier molecular flexibility index (Phi) is 9.71. The molecule has 0 spiro atoms. The number of nitro benzene ring substituents is 1. The Labute approximate surface area is 205 Å². The first kappa shape index (κ1) is 26.9. The molecule has 156 valence electrons. The van der Waals surface area contributed by atoms with Crippen LogP contribution in [0, 0.1) is 26.9 Å². The number of nitrogens with zero attached hydrogens (tertiary/aromatic N) is 2. The van der Waals surface area contributed by atoms with E-state index in [0.29, 0.717) is 17.6 Å². The van der Waals surface area contributed by atoms with Gasteiger partial charge in [-0.05, 0) is 30.6 Å². The molecule has 29 heavy (non-hydrogen) atoms. The molecule has 3 unspecified atom stereocenters. The summed E-state index contributed by atoms with van der Waals surface area (Å²) in [6.45, 7) is 11.0. The molecule has 0 N–H and O–H groups in total. The summed E-state index contributed by atoms with van der Waals surface area (Å²) in [5.41, 5.74) is 1.50. The summed E-state index contributed by atoms with van der Waals surface area (Å²) in [6, 6.07) is 6.64. The summed E-state index contributed by atoms with van der Waals surface area (Å²) < 4.78 is 10.9. The van der Waals surface area contributed by atoms with Crippen molar-refractivity contribution in [2.45, 2.75) is 57.4 Å². The molecular weight excluding hydrogens is 465 g/mol. The molecule has 1 aromatic carbocycles. The van der Waals surface area contributed by atoms with Crippen molar-refractivity contribution < 1.29 is 26.6 Å². The zero-order chi connectivity index (χ0) is 19.8. The molecule has 0 saturated heterocycles. The smallest absolute Gasteiger partial charge is 1.00 e. The van der Waals surface area contributed by atoms with Crippen molar-refractivity contribution in [1.82, 2.24) is 0 Å². The van der Waals surface area contributed by atoms with Crippen LogP contribution in [-0.4, -0.2) is 46.4 Å². The van der Waals surface area contributed by atoms with Crippen LogP contribution in [-0.2, 0) is 4.74 Å².